The molecule has 0 spiro atoms. The highest BCUT2D eigenvalue weighted by molar-refractivity contribution is 5.77. The number of ether oxygens (including phenoxy) is 2. The molecule has 2 heterocycles. The third-order valence-corrected chi connectivity index (χ3v) is 3.87. The van der Waals surface area contributed by atoms with E-state index in [0.717, 1.165) is 11.5 Å². The van der Waals surface area contributed by atoms with E-state index in [4.69, 9.17) is 14.0 Å². The van der Waals surface area contributed by atoms with Gasteiger partial charge in [0, 0.05) is 18.4 Å². The van der Waals surface area contributed by atoms with Crippen LogP contribution in [-0.4, -0.2) is 36.9 Å². The zero-order valence-electron chi connectivity index (χ0n) is 13.3. The summed E-state index contributed by atoms with van der Waals surface area (Å²) in [6.07, 6.45) is 0.657. The first kappa shape index (κ1) is 16.4. The molecule has 0 radical (unpaired) electrons. The van der Waals surface area contributed by atoms with Gasteiger partial charge in [0.1, 0.15) is 17.3 Å². The lowest BCUT2D eigenvalue weighted by Crippen LogP contribution is -2.42. The third kappa shape index (κ3) is 4.32. The molecule has 0 bridgehead atoms. The van der Waals surface area contributed by atoms with Crippen molar-refractivity contribution in [2.75, 3.05) is 19.8 Å². The quantitative estimate of drug-likeness (QED) is 0.873. The minimum Gasteiger partial charge on any atom is -0.484 e. The van der Waals surface area contributed by atoms with Crippen molar-refractivity contribution in [3.8, 4) is 5.75 Å². The van der Waals surface area contributed by atoms with Gasteiger partial charge in [-0.2, -0.15) is 0 Å². The number of nitrogens with zero attached hydrogens (tertiary/aromatic N) is 1. The maximum Gasteiger partial charge on any atom is 0.258 e. The summed E-state index contributed by atoms with van der Waals surface area (Å²) in [7, 11) is 0. The second-order valence-corrected chi connectivity index (χ2v) is 5.85. The topological polar surface area (TPSA) is 73.6 Å². The monoisotopic (exact) mass is 334 g/mol. The van der Waals surface area contributed by atoms with Gasteiger partial charge in [0.25, 0.3) is 5.91 Å². The highest BCUT2D eigenvalue weighted by Gasteiger charge is 2.30. The van der Waals surface area contributed by atoms with Crippen molar-refractivity contribution in [3.63, 3.8) is 0 Å². The molecule has 2 atom stereocenters. The second-order valence-electron chi connectivity index (χ2n) is 5.85. The van der Waals surface area contributed by atoms with Crippen molar-refractivity contribution in [1.82, 2.24) is 10.5 Å². The molecule has 1 aromatic heterocycles. The van der Waals surface area contributed by atoms with Crippen LogP contribution in [0.5, 0.6) is 5.75 Å². The van der Waals surface area contributed by atoms with E-state index in [-0.39, 0.29) is 30.3 Å². The number of amides is 1. The average Bonchev–Trinajstić information content (AvgIpc) is 3.16. The Kier molecular flexibility index (Phi) is 5.10. The van der Waals surface area contributed by atoms with Crippen LogP contribution in [-0.2, 0) is 16.0 Å². The smallest absolute Gasteiger partial charge is 0.258 e. The fourth-order valence-corrected chi connectivity index (χ4v) is 2.66. The summed E-state index contributed by atoms with van der Waals surface area (Å²) in [6, 6.07) is 7.32. The van der Waals surface area contributed by atoms with Gasteiger partial charge >= 0.3 is 0 Å². The average molecular weight is 334 g/mol. The summed E-state index contributed by atoms with van der Waals surface area (Å²) in [4.78, 5) is 12.0. The van der Waals surface area contributed by atoms with Gasteiger partial charge in [-0.05, 0) is 31.2 Å². The molecule has 1 saturated heterocycles. The fraction of sp³-hybridized carbons (Fsp3) is 0.412. The summed E-state index contributed by atoms with van der Waals surface area (Å²) in [6.45, 7) is 2.75. The normalized spacial score (nSPS) is 20.1. The SMILES string of the molecule is Cc1cc(C[C@@H]2COC[C@@H]2NC(=O)COc2ccc(F)cc2)on1. The van der Waals surface area contributed by atoms with Crippen LogP contribution in [0.3, 0.4) is 0 Å². The van der Waals surface area contributed by atoms with Gasteiger partial charge in [0.15, 0.2) is 6.61 Å². The number of nitrogens with one attached hydrogen (secondary N) is 1. The summed E-state index contributed by atoms with van der Waals surface area (Å²) < 4.78 is 28.8. The van der Waals surface area contributed by atoms with E-state index in [9.17, 15) is 9.18 Å². The van der Waals surface area contributed by atoms with Crippen molar-refractivity contribution in [2.24, 2.45) is 5.92 Å². The minimum atomic E-state index is -0.347. The molecule has 1 aromatic carbocycles. The molecular weight excluding hydrogens is 315 g/mol. The van der Waals surface area contributed by atoms with Gasteiger partial charge < -0.3 is 19.3 Å². The lowest BCUT2D eigenvalue weighted by Gasteiger charge is -2.18. The predicted octanol–water partition coefficient (Wildman–Crippen LogP) is 1.87. The van der Waals surface area contributed by atoms with E-state index in [2.05, 4.69) is 10.5 Å². The number of aryl methyl sites for hydroxylation is 1. The van der Waals surface area contributed by atoms with Gasteiger partial charge in [-0.3, -0.25) is 4.79 Å². The van der Waals surface area contributed by atoms with Gasteiger partial charge in [-0.25, -0.2) is 4.39 Å². The molecule has 1 aliphatic heterocycles. The van der Waals surface area contributed by atoms with E-state index in [0.29, 0.717) is 25.4 Å². The summed E-state index contributed by atoms with van der Waals surface area (Å²) in [5, 5.41) is 6.78. The molecule has 0 saturated carbocycles. The lowest BCUT2D eigenvalue weighted by molar-refractivity contribution is -0.124. The lowest BCUT2D eigenvalue weighted by atomic mass is 9.98. The van der Waals surface area contributed by atoms with Crippen LogP contribution in [0.4, 0.5) is 4.39 Å². The maximum atomic E-state index is 12.8. The van der Waals surface area contributed by atoms with Crippen LogP contribution >= 0.6 is 0 Å². The number of rotatable bonds is 6. The van der Waals surface area contributed by atoms with Gasteiger partial charge in [-0.15, -0.1) is 0 Å². The fourth-order valence-electron chi connectivity index (χ4n) is 2.66. The Morgan fingerprint density at radius 3 is 2.88 bits per heavy atom. The molecule has 24 heavy (non-hydrogen) atoms. The van der Waals surface area contributed by atoms with Crippen molar-refractivity contribution in [1.29, 1.82) is 0 Å². The van der Waals surface area contributed by atoms with Crippen LogP contribution in [0.15, 0.2) is 34.9 Å². The van der Waals surface area contributed by atoms with E-state index in [1.54, 1.807) is 0 Å². The molecule has 0 aliphatic carbocycles. The number of hydrogen-bond acceptors (Lipinski definition) is 5. The van der Waals surface area contributed by atoms with Crippen LogP contribution in [0, 0.1) is 18.7 Å². The van der Waals surface area contributed by atoms with Crippen LogP contribution < -0.4 is 10.1 Å². The minimum absolute atomic E-state index is 0.0975. The molecular formula is C17H19FN2O4. The van der Waals surface area contributed by atoms with E-state index >= 15 is 0 Å². The number of benzene rings is 1. The van der Waals surface area contributed by atoms with Gasteiger partial charge in [-0.1, -0.05) is 5.16 Å². The predicted molar refractivity (Wildman–Crippen MR) is 83.1 cm³/mol. The Bertz CT molecular complexity index is 686. The van der Waals surface area contributed by atoms with E-state index in [1.807, 2.05) is 13.0 Å². The van der Waals surface area contributed by atoms with Gasteiger partial charge in [0.05, 0.1) is 24.9 Å². The van der Waals surface area contributed by atoms with Gasteiger partial charge in [0.2, 0.25) is 0 Å². The molecule has 2 aromatic rings. The standard InChI is InChI=1S/C17H19FN2O4/c1-11-6-15(24-20-11)7-12-8-22-9-16(12)19-17(21)10-23-14-4-2-13(18)3-5-14/h2-6,12,16H,7-10H2,1H3,(H,19,21)/t12-,16+/m1/s1. The molecule has 128 valence electrons. The highest BCUT2D eigenvalue weighted by Crippen LogP contribution is 2.20. The Morgan fingerprint density at radius 2 is 2.17 bits per heavy atom. The van der Waals surface area contributed by atoms with Crippen LogP contribution in [0.2, 0.25) is 0 Å². The second kappa shape index (κ2) is 7.44. The van der Waals surface area contributed by atoms with Crippen molar-refractivity contribution in [2.45, 2.75) is 19.4 Å². The molecule has 3 rings (SSSR count). The highest BCUT2D eigenvalue weighted by atomic mass is 19.1. The maximum absolute atomic E-state index is 12.8. The number of carbonyl (C=O) groups is 1. The first-order chi connectivity index (χ1) is 11.6. The first-order valence-electron chi connectivity index (χ1n) is 7.78. The largest absolute Gasteiger partial charge is 0.484 e. The Labute approximate surface area is 138 Å². The Balaban J connectivity index is 1.48. The Hall–Kier alpha value is -2.41. The van der Waals surface area contributed by atoms with E-state index in [1.165, 1.54) is 24.3 Å². The van der Waals surface area contributed by atoms with E-state index < -0.39 is 0 Å². The molecule has 1 N–H and O–H groups in total. The molecule has 1 fully saturated rings. The molecule has 6 nitrogen and oxygen atoms in total. The molecule has 1 aliphatic rings. The summed E-state index contributed by atoms with van der Waals surface area (Å²) >= 11 is 0. The molecule has 1 amide bonds. The first-order valence-corrected chi connectivity index (χ1v) is 7.78. The number of aromatic nitrogens is 1. The van der Waals surface area contributed by atoms with Crippen LogP contribution in [0.1, 0.15) is 11.5 Å². The molecule has 7 heteroatoms. The van der Waals surface area contributed by atoms with Crippen LogP contribution in [0.25, 0.3) is 0 Å². The van der Waals surface area contributed by atoms with Crippen molar-refractivity contribution in [3.05, 3.63) is 47.6 Å². The zero-order chi connectivity index (χ0) is 16.9. The summed E-state index contributed by atoms with van der Waals surface area (Å²) in [5.41, 5.74) is 0.831. The number of hydrogen-bond donors (Lipinski definition) is 1. The van der Waals surface area contributed by atoms with Crippen molar-refractivity contribution >= 4 is 5.91 Å². The molecule has 0 unspecified atom stereocenters. The Morgan fingerprint density at radius 1 is 1.38 bits per heavy atom. The van der Waals surface area contributed by atoms with Crippen molar-refractivity contribution < 1.29 is 23.2 Å². The third-order valence-electron chi connectivity index (χ3n) is 3.87. The number of carbonyl (C=O) groups excluding carboxylic acids is 1. The zero-order valence-corrected chi connectivity index (χ0v) is 13.3. The summed E-state index contributed by atoms with van der Waals surface area (Å²) in [5.74, 6) is 0.772. The number of halogens is 1.